The lowest BCUT2D eigenvalue weighted by atomic mass is 9.73. The van der Waals surface area contributed by atoms with Crippen LogP contribution in [0.4, 0.5) is 0 Å². The molecule has 21 heteroatoms. The van der Waals surface area contributed by atoms with Crippen molar-refractivity contribution in [1.82, 2.24) is 26.6 Å². The zero-order chi connectivity index (χ0) is 41.2. The van der Waals surface area contributed by atoms with Crippen LogP contribution in [0.1, 0.15) is 74.1 Å². The topological polar surface area (TPSA) is 187 Å². The third kappa shape index (κ3) is 18.7. The summed E-state index contributed by atoms with van der Waals surface area (Å²) >= 11 is 30.4. The van der Waals surface area contributed by atoms with Crippen LogP contribution < -0.4 is 26.6 Å². The summed E-state index contributed by atoms with van der Waals surface area (Å²) in [6.07, 6.45) is 2.83. The van der Waals surface area contributed by atoms with Crippen LogP contribution in [0.25, 0.3) is 0 Å². The van der Waals surface area contributed by atoms with Gasteiger partial charge in [0.05, 0.1) is 56.2 Å². The minimum Gasteiger partial charge on any atom is -0.426 e. The molecule has 55 heavy (non-hydrogen) atoms. The van der Waals surface area contributed by atoms with Gasteiger partial charge in [0.15, 0.2) is 0 Å². The lowest BCUT2D eigenvalue weighted by Gasteiger charge is -2.27. The Hall–Kier alpha value is -1.63. The van der Waals surface area contributed by atoms with Crippen LogP contribution in [-0.4, -0.2) is 99.2 Å². The van der Waals surface area contributed by atoms with E-state index in [1.165, 1.54) is 24.3 Å². The largest absolute Gasteiger partial charge is 0.480 e. The Morgan fingerprint density at radius 2 is 1.18 bits per heavy atom. The molecule has 0 bridgehead atoms. The van der Waals surface area contributed by atoms with E-state index < -0.39 is 37.9 Å². The molecule has 7 N–H and O–H groups in total. The van der Waals surface area contributed by atoms with E-state index in [4.69, 9.17) is 55.7 Å². The molecule has 0 unspecified atom stereocenters. The third-order valence-electron chi connectivity index (χ3n) is 7.72. The van der Waals surface area contributed by atoms with Gasteiger partial charge in [-0.15, -0.1) is 0 Å². The monoisotopic (exact) mass is 973 g/mol. The van der Waals surface area contributed by atoms with E-state index in [1.807, 2.05) is 13.8 Å². The fraction of sp³-hybridized carbons (Fsp3) is 0.529. The number of hydrogen-bond acceptors (Lipinski definition) is 9. The second-order valence-electron chi connectivity index (χ2n) is 13.4. The van der Waals surface area contributed by atoms with Gasteiger partial charge >= 0.3 is 14.2 Å². The van der Waals surface area contributed by atoms with Gasteiger partial charge < -0.3 is 45.9 Å². The van der Waals surface area contributed by atoms with E-state index in [0.29, 0.717) is 51.0 Å². The van der Waals surface area contributed by atoms with Crippen LogP contribution in [0.5, 0.6) is 0 Å². The third-order valence-corrected chi connectivity index (χ3v) is 10.7. The minimum atomic E-state index is -1.67. The molecule has 0 aliphatic carbocycles. The molecule has 4 amide bonds. The van der Waals surface area contributed by atoms with Crippen molar-refractivity contribution in [3.63, 3.8) is 0 Å². The second-order valence-corrected chi connectivity index (χ2v) is 16.8. The lowest BCUT2D eigenvalue weighted by Crippen LogP contribution is -2.52. The summed E-state index contributed by atoms with van der Waals surface area (Å²) in [4.78, 5) is 49.0. The molecule has 1 heterocycles. The number of benzene rings is 2. The number of halogens is 6. The van der Waals surface area contributed by atoms with Crippen molar-refractivity contribution in [3.8, 4) is 0 Å². The van der Waals surface area contributed by atoms with Crippen LogP contribution in [0.15, 0.2) is 33.2 Å². The van der Waals surface area contributed by atoms with E-state index in [2.05, 4.69) is 72.3 Å². The Morgan fingerprint density at radius 3 is 1.60 bits per heavy atom. The first-order valence-electron chi connectivity index (χ1n) is 17.6. The number of carbonyl (C=O) groups excluding carboxylic acids is 4. The van der Waals surface area contributed by atoms with Gasteiger partial charge in [-0.2, -0.15) is 0 Å². The molecule has 0 spiro atoms. The highest BCUT2D eigenvalue weighted by Crippen LogP contribution is 2.30. The van der Waals surface area contributed by atoms with E-state index in [1.54, 1.807) is 0 Å². The predicted octanol–water partition coefficient (Wildman–Crippen LogP) is 5.49. The Labute approximate surface area is 359 Å². The van der Waals surface area contributed by atoms with Crippen molar-refractivity contribution >= 4 is 116 Å². The molecular formula is C34H47B2Br2Cl4N5O8. The minimum absolute atomic E-state index is 0.157. The maximum atomic E-state index is 12.6. The average molecular weight is 977 g/mol. The maximum absolute atomic E-state index is 12.6. The van der Waals surface area contributed by atoms with Crippen LogP contribution >= 0.6 is 78.3 Å². The summed E-state index contributed by atoms with van der Waals surface area (Å²) < 4.78 is 12.9. The molecule has 1 saturated heterocycles. The quantitative estimate of drug-likeness (QED) is 0.0950. The van der Waals surface area contributed by atoms with Crippen LogP contribution in [0.3, 0.4) is 0 Å². The van der Waals surface area contributed by atoms with Gasteiger partial charge in [-0.3, -0.25) is 19.2 Å². The highest BCUT2D eigenvalue weighted by Gasteiger charge is 2.33. The Morgan fingerprint density at radius 1 is 0.745 bits per heavy atom. The Balaban J connectivity index is 0.000000393. The van der Waals surface area contributed by atoms with Crippen LogP contribution in [0.2, 0.25) is 20.1 Å². The zero-order valence-corrected chi connectivity index (χ0v) is 37.2. The van der Waals surface area contributed by atoms with Gasteiger partial charge in [0.25, 0.3) is 11.8 Å². The predicted molar refractivity (Wildman–Crippen MR) is 226 cm³/mol. The summed E-state index contributed by atoms with van der Waals surface area (Å²) in [6, 6.07) is 5.88. The first kappa shape index (κ1) is 49.5. The molecule has 2 aromatic carbocycles. The summed E-state index contributed by atoms with van der Waals surface area (Å²) in [7, 11) is -2.20. The summed E-state index contributed by atoms with van der Waals surface area (Å²) in [5.74, 6) is -2.49. The van der Waals surface area contributed by atoms with Crippen molar-refractivity contribution in [1.29, 1.82) is 0 Å². The average Bonchev–Trinajstić information content (AvgIpc) is 3.10. The molecule has 2 atom stereocenters. The van der Waals surface area contributed by atoms with Gasteiger partial charge in [0.1, 0.15) is 0 Å². The smallest absolute Gasteiger partial charge is 0.426 e. The van der Waals surface area contributed by atoms with Crippen LogP contribution in [-0.2, 0) is 18.9 Å². The molecule has 1 fully saturated rings. The first-order valence-corrected chi connectivity index (χ1v) is 20.7. The number of amides is 4. The van der Waals surface area contributed by atoms with Crippen molar-refractivity contribution in [2.75, 3.05) is 39.4 Å². The van der Waals surface area contributed by atoms with Crippen molar-refractivity contribution in [2.45, 2.75) is 65.3 Å². The summed E-state index contributed by atoms with van der Waals surface area (Å²) in [6.45, 7) is 10.3. The Bertz CT molecular complexity index is 1590. The highest BCUT2D eigenvalue weighted by molar-refractivity contribution is 9.10. The molecule has 1 aliphatic heterocycles. The Kier molecular flexibility index (Phi) is 23.1. The van der Waals surface area contributed by atoms with Crippen molar-refractivity contribution in [3.05, 3.63) is 64.4 Å². The second kappa shape index (κ2) is 25.7. The fourth-order valence-corrected chi connectivity index (χ4v) is 6.75. The number of rotatable bonds is 14. The molecule has 13 nitrogen and oxygen atoms in total. The normalized spacial score (nSPS) is 14.6. The highest BCUT2D eigenvalue weighted by atomic mass is 79.9. The van der Waals surface area contributed by atoms with Gasteiger partial charge in [-0.25, -0.2) is 0 Å². The molecule has 1 aliphatic rings. The SMILES string of the molecule is CC(C)C[C@H](NC(=O)CNC(=O)c1cc(Br)c(Cl)cc1Cl)B(O)O.CC(C)C[C@H](NC(=O)CNC(=O)c1cc(Br)c(Cl)cc1Cl)B1OCCCNCCCO1. The summed E-state index contributed by atoms with van der Waals surface area (Å²) in [5, 5.41) is 33.5. The standard InChI is InChI=1S/C20H29BBrCl2N3O4.C14H18BBrCl2N2O4/c1-13(2)9-18(21-30-7-3-5-25-6-4-8-31-21)27-19(28)12-26-20(29)14-10-15(22)17(24)11-16(14)23;1-7(2)3-12(15(23)24)20-13(21)6-19-14(22)8-4-9(16)11(18)5-10(8)17/h10-11,13,18,25H,3-9,12H2,1-2H3,(H,26,29)(H,27,28);4-5,7,12,23-24H,3,6H2,1-2H3,(H,19,22)(H,20,21)/t18-;12-/m00/s1. The van der Waals surface area contributed by atoms with Gasteiger partial charge in [-0.1, -0.05) is 74.1 Å². The van der Waals surface area contributed by atoms with E-state index in [9.17, 15) is 29.2 Å². The van der Waals surface area contributed by atoms with Gasteiger partial charge in [-0.05, 0) is 107 Å². The lowest BCUT2D eigenvalue weighted by molar-refractivity contribution is -0.121. The van der Waals surface area contributed by atoms with Gasteiger partial charge in [0, 0.05) is 22.2 Å². The molecule has 304 valence electrons. The summed E-state index contributed by atoms with van der Waals surface area (Å²) in [5.41, 5.74) is 0.402. The molecule has 3 rings (SSSR count). The number of hydrogen-bond donors (Lipinski definition) is 7. The first-order chi connectivity index (χ1) is 25.9. The molecular weight excluding hydrogens is 930 g/mol. The number of carbonyl (C=O) groups is 4. The maximum Gasteiger partial charge on any atom is 0.480 e. The van der Waals surface area contributed by atoms with E-state index in [-0.39, 0.29) is 52.0 Å². The molecule has 0 radical (unpaired) electrons. The van der Waals surface area contributed by atoms with Crippen LogP contribution in [0, 0.1) is 11.8 Å². The van der Waals surface area contributed by atoms with E-state index in [0.717, 1.165) is 25.9 Å². The zero-order valence-electron chi connectivity index (χ0n) is 31.0. The molecule has 0 aromatic heterocycles. The molecule has 2 aromatic rings. The van der Waals surface area contributed by atoms with Gasteiger partial charge in [0.2, 0.25) is 11.8 Å². The van der Waals surface area contributed by atoms with Crippen molar-refractivity contribution < 1.29 is 38.5 Å². The van der Waals surface area contributed by atoms with E-state index >= 15 is 0 Å². The molecule has 0 saturated carbocycles. The number of nitrogens with one attached hydrogen (secondary N) is 5. The van der Waals surface area contributed by atoms with Crippen molar-refractivity contribution in [2.24, 2.45) is 11.8 Å². The fourth-order valence-electron chi connectivity index (χ4n) is 5.13.